The van der Waals surface area contributed by atoms with Crippen molar-refractivity contribution in [2.75, 3.05) is 0 Å². The van der Waals surface area contributed by atoms with E-state index in [2.05, 4.69) is 194 Å². The van der Waals surface area contributed by atoms with E-state index >= 15 is 0 Å². The quantitative estimate of drug-likeness (QED) is 0.161. The van der Waals surface area contributed by atoms with E-state index in [1.54, 1.807) is 0 Å². The van der Waals surface area contributed by atoms with Crippen LogP contribution in [-0.4, -0.2) is 15.0 Å². The van der Waals surface area contributed by atoms with Crippen LogP contribution >= 0.6 is 22.7 Å². The normalized spacial score (nSPS) is 11.5. The minimum Gasteiger partial charge on any atom is -0.247 e. The molecule has 4 aromatic heterocycles. The lowest BCUT2D eigenvalue weighted by Crippen LogP contribution is -1.96. The van der Waals surface area contributed by atoms with E-state index in [-0.39, 0.29) is 0 Å². The summed E-state index contributed by atoms with van der Waals surface area (Å²) in [5, 5.41) is 4.92. The van der Waals surface area contributed by atoms with E-state index in [9.17, 15) is 0 Å². The molecule has 12 aromatic rings. The molecule has 0 radical (unpaired) electrons. The largest absolute Gasteiger partial charge is 0.247 e. The zero-order valence-corrected chi connectivity index (χ0v) is 35.0. The Balaban J connectivity index is 1.06. The number of thiophene rings is 2. The Morgan fingerprint density at radius 2 is 0.919 bits per heavy atom. The third-order valence-electron chi connectivity index (χ3n) is 11.7. The standard InChI is InChI=1S/C57H35N3S2/c1-4-16-36(17-5-1)41-22-14-23-42(34-41)49-35-48(59-57(60-49)40-20-8-3-9-21-40)37-30-32-39(33-31-37)54-51(46-27-15-26-44-43-24-11-13-29-50(43)61-55(44)46)52-53(38-18-6-2-7-19-38)58-47-28-12-10-25-45(47)56(52)62-54/h1-35H. The highest BCUT2D eigenvalue weighted by Gasteiger charge is 2.25. The number of nitrogens with zero attached hydrogens (tertiary/aromatic N) is 3. The van der Waals surface area contributed by atoms with Crippen LogP contribution in [0.5, 0.6) is 0 Å². The molecule has 0 spiro atoms. The van der Waals surface area contributed by atoms with E-state index in [0.29, 0.717) is 5.82 Å². The molecule has 0 fully saturated rings. The van der Waals surface area contributed by atoms with Crippen LogP contribution in [-0.2, 0) is 0 Å². The molecule has 0 N–H and O–H groups in total. The topological polar surface area (TPSA) is 38.7 Å². The van der Waals surface area contributed by atoms with Crippen molar-refractivity contribution in [2.24, 2.45) is 0 Å². The van der Waals surface area contributed by atoms with Gasteiger partial charge in [-0.1, -0.05) is 188 Å². The van der Waals surface area contributed by atoms with Crippen LogP contribution in [0.2, 0.25) is 0 Å². The molecule has 0 unspecified atom stereocenters. The van der Waals surface area contributed by atoms with Crippen LogP contribution in [0.3, 0.4) is 0 Å². The first-order valence-electron chi connectivity index (χ1n) is 20.8. The minimum atomic E-state index is 0.698. The second kappa shape index (κ2) is 15.2. The van der Waals surface area contributed by atoms with E-state index in [1.807, 2.05) is 40.9 Å². The van der Waals surface area contributed by atoms with Crippen molar-refractivity contribution in [2.45, 2.75) is 0 Å². The average molecular weight is 826 g/mol. The molecule has 5 heteroatoms. The molecule has 62 heavy (non-hydrogen) atoms. The maximum Gasteiger partial charge on any atom is 0.160 e. The highest BCUT2D eigenvalue weighted by Crippen LogP contribution is 2.53. The van der Waals surface area contributed by atoms with Crippen LogP contribution < -0.4 is 0 Å². The molecule has 0 aliphatic rings. The van der Waals surface area contributed by atoms with Crippen molar-refractivity contribution in [1.82, 2.24) is 15.0 Å². The molecule has 3 nitrogen and oxygen atoms in total. The number of benzene rings is 8. The highest BCUT2D eigenvalue weighted by atomic mass is 32.1. The van der Waals surface area contributed by atoms with Gasteiger partial charge in [0.25, 0.3) is 0 Å². The molecule has 0 aliphatic heterocycles. The zero-order chi connectivity index (χ0) is 41.0. The van der Waals surface area contributed by atoms with Crippen LogP contribution in [0.15, 0.2) is 212 Å². The van der Waals surface area contributed by atoms with Crippen molar-refractivity contribution >= 4 is 63.8 Å². The number of fused-ring (bicyclic) bond motifs is 6. The van der Waals surface area contributed by atoms with Gasteiger partial charge in [0, 0.05) is 73.9 Å². The van der Waals surface area contributed by atoms with Gasteiger partial charge in [0.15, 0.2) is 5.82 Å². The fourth-order valence-corrected chi connectivity index (χ4v) is 11.3. The Labute approximate surface area is 366 Å². The van der Waals surface area contributed by atoms with Crippen LogP contribution in [0, 0.1) is 0 Å². The monoisotopic (exact) mass is 825 g/mol. The summed E-state index contributed by atoms with van der Waals surface area (Å²) in [6.45, 7) is 0. The Morgan fingerprint density at radius 3 is 1.69 bits per heavy atom. The molecule has 0 amide bonds. The van der Waals surface area contributed by atoms with E-state index in [0.717, 1.165) is 61.4 Å². The first-order valence-corrected chi connectivity index (χ1v) is 22.4. The number of hydrogen-bond acceptors (Lipinski definition) is 5. The summed E-state index contributed by atoms with van der Waals surface area (Å²) < 4.78 is 3.82. The number of para-hydroxylation sites is 1. The Morgan fingerprint density at radius 1 is 0.339 bits per heavy atom. The summed E-state index contributed by atoms with van der Waals surface area (Å²) in [7, 11) is 0. The van der Waals surface area contributed by atoms with Crippen LogP contribution in [0.1, 0.15) is 0 Å². The van der Waals surface area contributed by atoms with Gasteiger partial charge < -0.3 is 0 Å². The molecule has 0 saturated heterocycles. The van der Waals surface area contributed by atoms with Gasteiger partial charge in [0.1, 0.15) is 0 Å². The fraction of sp³-hybridized carbons (Fsp3) is 0. The molecule has 0 bridgehead atoms. The van der Waals surface area contributed by atoms with Gasteiger partial charge in [-0.25, -0.2) is 15.0 Å². The summed E-state index contributed by atoms with van der Waals surface area (Å²) >= 11 is 3.74. The van der Waals surface area contributed by atoms with Gasteiger partial charge in [-0.2, -0.15) is 0 Å². The van der Waals surface area contributed by atoms with Crippen LogP contribution in [0.4, 0.5) is 0 Å². The van der Waals surface area contributed by atoms with Gasteiger partial charge >= 0.3 is 0 Å². The van der Waals surface area contributed by atoms with Crippen molar-refractivity contribution in [3.05, 3.63) is 212 Å². The molecule has 0 saturated carbocycles. The zero-order valence-electron chi connectivity index (χ0n) is 33.4. The predicted octanol–water partition coefficient (Wildman–Crippen LogP) is 16.3. The summed E-state index contributed by atoms with van der Waals surface area (Å²) in [5.41, 5.74) is 13.8. The molecule has 0 aliphatic carbocycles. The molecular weight excluding hydrogens is 791 g/mol. The summed E-state index contributed by atoms with van der Waals surface area (Å²) in [5.74, 6) is 0.698. The number of rotatable bonds is 7. The third kappa shape index (κ3) is 6.29. The number of hydrogen-bond donors (Lipinski definition) is 0. The predicted molar refractivity (Wildman–Crippen MR) is 264 cm³/mol. The molecule has 8 aromatic carbocycles. The molecule has 4 heterocycles. The van der Waals surface area contributed by atoms with Gasteiger partial charge in [0.05, 0.1) is 22.6 Å². The number of aromatic nitrogens is 3. The smallest absolute Gasteiger partial charge is 0.160 e. The summed E-state index contributed by atoms with van der Waals surface area (Å²) in [6.07, 6.45) is 0. The second-order valence-electron chi connectivity index (χ2n) is 15.5. The number of pyridine rings is 1. The fourth-order valence-electron chi connectivity index (χ4n) is 8.74. The van der Waals surface area contributed by atoms with E-state index in [4.69, 9.17) is 15.0 Å². The van der Waals surface area contributed by atoms with Gasteiger partial charge in [-0.15, -0.1) is 22.7 Å². The Kier molecular flexibility index (Phi) is 8.87. The van der Waals surface area contributed by atoms with Crippen molar-refractivity contribution in [3.63, 3.8) is 0 Å². The lowest BCUT2D eigenvalue weighted by molar-refractivity contribution is 1.18. The summed E-state index contributed by atoms with van der Waals surface area (Å²) in [6, 6.07) is 75.3. The summed E-state index contributed by atoms with van der Waals surface area (Å²) in [4.78, 5) is 17.0. The highest BCUT2D eigenvalue weighted by molar-refractivity contribution is 7.27. The van der Waals surface area contributed by atoms with Crippen molar-refractivity contribution in [1.29, 1.82) is 0 Å². The third-order valence-corrected chi connectivity index (χ3v) is 14.2. The first-order chi connectivity index (χ1) is 30.7. The average Bonchev–Trinajstić information content (AvgIpc) is 3.95. The molecular formula is C57H35N3S2. The van der Waals surface area contributed by atoms with Gasteiger partial charge in [-0.3, -0.25) is 0 Å². The minimum absolute atomic E-state index is 0.698. The molecule has 0 atom stereocenters. The lowest BCUT2D eigenvalue weighted by atomic mass is 9.93. The molecule has 12 rings (SSSR count). The van der Waals surface area contributed by atoms with Crippen LogP contribution in [0.25, 0.3) is 119 Å². The lowest BCUT2D eigenvalue weighted by Gasteiger charge is -2.12. The van der Waals surface area contributed by atoms with Crippen molar-refractivity contribution in [3.8, 4) is 77.9 Å². The Bertz CT molecular complexity index is 3610. The van der Waals surface area contributed by atoms with Gasteiger partial charge in [0.2, 0.25) is 0 Å². The SMILES string of the molecule is c1ccc(-c2cccc(-c3cc(-c4ccc(-c5sc6c(c(-c7ccccc7)nc7ccccc76)c5-c5cccc6c5sc5ccccc56)cc4)nc(-c4ccccc4)n3)c2)cc1. The van der Waals surface area contributed by atoms with Crippen molar-refractivity contribution < 1.29 is 0 Å². The Hall–Kier alpha value is -7.57. The first kappa shape index (κ1) is 36.3. The maximum atomic E-state index is 5.43. The second-order valence-corrected chi connectivity index (χ2v) is 17.6. The van der Waals surface area contributed by atoms with E-state index < -0.39 is 0 Å². The van der Waals surface area contributed by atoms with E-state index in [1.165, 1.54) is 51.8 Å². The van der Waals surface area contributed by atoms with Gasteiger partial charge in [-0.05, 0) is 41.0 Å². The maximum absolute atomic E-state index is 5.43. The molecule has 290 valence electrons.